The summed E-state index contributed by atoms with van der Waals surface area (Å²) in [6.07, 6.45) is 0.500. The van der Waals surface area contributed by atoms with Crippen LogP contribution in [-0.4, -0.2) is 19.9 Å². The molecule has 0 unspecified atom stereocenters. The Morgan fingerprint density at radius 1 is 0.970 bits per heavy atom. The average Bonchev–Trinajstić information content (AvgIpc) is 2.79. The summed E-state index contributed by atoms with van der Waals surface area (Å²) in [7, 11) is 0. The molecule has 0 aliphatic heterocycles. The Morgan fingerprint density at radius 2 is 1.76 bits per heavy atom. The van der Waals surface area contributed by atoms with Crippen molar-refractivity contribution in [3.05, 3.63) is 78.3 Å². The van der Waals surface area contributed by atoms with E-state index in [9.17, 15) is 18.4 Å². The maximum absolute atomic E-state index is 15.0. The number of nitrogen functional groups attached to an aromatic ring is 1. The molecule has 0 aliphatic rings. The van der Waals surface area contributed by atoms with Gasteiger partial charge in [-0.15, -0.1) is 0 Å². The van der Waals surface area contributed by atoms with E-state index in [1.54, 1.807) is 6.07 Å². The van der Waals surface area contributed by atoms with Crippen molar-refractivity contribution in [1.82, 2.24) is 19.9 Å². The molecule has 0 atom stereocenters. The van der Waals surface area contributed by atoms with Crippen molar-refractivity contribution < 1.29 is 22.3 Å². The zero-order valence-electron chi connectivity index (χ0n) is 16.5. The Kier molecular flexibility index (Phi) is 5.58. The molecule has 0 saturated heterocycles. The summed E-state index contributed by atoms with van der Waals surface area (Å²) in [6, 6.07) is 8.55. The molecular formula is C22H12F4N6O. The fraction of sp³-hybridized carbons (Fsp3) is 0.0455. The molecule has 0 fully saturated rings. The first-order valence-corrected chi connectivity index (χ1v) is 9.24. The first kappa shape index (κ1) is 21.6. The van der Waals surface area contributed by atoms with E-state index in [4.69, 9.17) is 10.5 Å². The first-order chi connectivity index (χ1) is 15.8. The third kappa shape index (κ3) is 4.54. The zero-order valence-corrected chi connectivity index (χ0v) is 16.5. The smallest absolute Gasteiger partial charge is 0.416 e. The SMILES string of the molecule is N#Cc1nc(N)cnc1-c1ccc(-c2ccc(C(F)(F)F)cc2Oc2cnccn2)cc1F. The number of benzene rings is 2. The number of anilines is 1. The molecule has 11 heteroatoms. The van der Waals surface area contributed by atoms with Gasteiger partial charge in [0.25, 0.3) is 0 Å². The Balaban J connectivity index is 1.80. The quantitative estimate of drug-likeness (QED) is 0.434. The molecular weight excluding hydrogens is 440 g/mol. The second kappa shape index (κ2) is 8.51. The number of alkyl halides is 3. The minimum atomic E-state index is -4.62. The van der Waals surface area contributed by atoms with Crippen molar-refractivity contribution >= 4 is 5.82 Å². The largest absolute Gasteiger partial charge is 0.437 e. The van der Waals surface area contributed by atoms with Gasteiger partial charge in [0.15, 0.2) is 5.69 Å². The Bertz CT molecular complexity index is 1370. The summed E-state index contributed by atoms with van der Waals surface area (Å²) in [4.78, 5) is 15.5. The third-order valence-electron chi connectivity index (χ3n) is 4.50. The average molecular weight is 452 g/mol. The van der Waals surface area contributed by atoms with Gasteiger partial charge in [0.2, 0.25) is 5.88 Å². The molecule has 2 heterocycles. The molecule has 2 N–H and O–H groups in total. The molecule has 2 aromatic carbocycles. The summed E-state index contributed by atoms with van der Waals surface area (Å²) in [5.41, 5.74) is 4.78. The van der Waals surface area contributed by atoms with Gasteiger partial charge < -0.3 is 10.5 Å². The van der Waals surface area contributed by atoms with Crippen molar-refractivity contribution in [1.29, 1.82) is 5.26 Å². The lowest BCUT2D eigenvalue weighted by Crippen LogP contribution is -2.05. The van der Waals surface area contributed by atoms with Crippen LogP contribution in [0.2, 0.25) is 0 Å². The van der Waals surface area contributed by atoms with E-state index in [0.717, 1.165) is 18.2 Å². The van der Waals surface area contributed by atoms with Crippen LogP contribution in [0.25, 0.3) is 22.4 Å². The molecule has 0 aliphatic carbocycles. The normalized spacial score (nSPS) is 11.1. The molecule has 33 heavy (non-hydrogen) atoms. The summed E-state index contributed by atoms with van der Waals surface area (Å²) in [6.45, 7) is 0. The number of nitrogens with two attached hydrogens (primary N) is 1. The third-order valence-corrected chi connectivity index (χ3v) is 4.50. The van der Waals surface area contributed by atoms with Crippen LogP contribution in [0, 0.1) is 17.1 Å². The maximum Gasteiger partial charge on any atom is 0.416 e. The van der Waals surface area contributed by atoms with Crippen molar-refractivity contribution in [3.63, 3.8) is 0 Å². The molecule has 0 radical (unpaired) electrons. The topological polar surface area (TPSA) is 111 Å². The molecule has 2 aromatic heterocycles. The fourth-order valence-electron chi connectivity index (χ4n) is 3.02. The van der Waals surface area contributed by atoms with E-state index < -0.39 is 17.6 Å². The van der Waals surface area contributed by atoms with Gasteiger partial charge in [-0.05, 0) is 29.8 Å². The number of halogens is 4. The van der Waals surface area contributed by atoms with Gasteiger partial charge in [-0.3, -0.25) is 4.98 Å². The molecule has 0 bridgehead atoms. The van der Waals surface area contributed by atoms with Gasteiger partial charge in [0, 0.05) is 23.5 Å². The lowest BCUT2D eigenvalue weighted by Gasteiger charge is -2.15. The van der Waals surface area contributed by atoms with Crippen LogP contribution in [0.15, 0.2) is 61.2 Å². The highest BCUT2D eigenvalue weighted by molar-refractivity contribution is 5.75. The number of ether oxygens (including phenoxy) is 1. The minimum Gasteiger partial charge on any atom is -0.437 e. The highest BCUT2D eigenvalue weighted by atomic mass is 19.4. The van der Waals surface area contributed by atoms with E-state index >= 15 is 4.39 Å². The number of aromatic nitrogens is 4. The number of hydrogen-bond acceptors (Lipinski definition) is 7. The van der Waals surface area contributed by atoms with Gasteiger partial charge in [-0.1, -0.05) is 12.1 Å². The summed E-state index contributed by atoms with van der Waals surface area (Å²) < 4.78 is 60.3. The number of nitrogens with zero attached hydrogens (tertiary/aromatic N) is 5. The van der Waals surface area contributed by atoms with Gasteiger partial charge in [0.1, 0.15) is 29.1 Å². The summed E-state index contributed by atoms with van der Waals surface area (Å²) in [5.74, 6) is -0.996. The van der Waals surface area contributed by atoms with Crippen LogP contribution in [0.5, 0.6) is 11.6 Å². The van der Waals surface area contributed by atoms with E-state index in [1.165, 1.54) is 43.0 Å². The van der Waals surface area contributed by atoms with Crippen molar-refractivity contribution in [2.24, 2.45) is 0 Å². The van der Waals surface area contributed by atoms with Crippen LogP contribution in [0.4, 0.5) is 23.4 Å². The van der Waals surface area contributed by atoms with Crippen molar-refractivity contribution in [2.45, 2.75) is 6.18 Å². The van der Waals surface area contributed by atoms with E-state index in [0.29, 0.717) is 0 Å². The Hall–Kier alpha value is -4.59. The van der Waals surface area contributed by atoms with Crippen LogP contribution >= 0.6 is 0 Å². The molecule has 164 valence electrons. The first-order valence-electron chi connectivity index (χ1n) is 9.24. The molecule has 0 saturated carbocycles. The van der Waals surface area contributed by atoms with E-state index in [2.05, 4.69) is 19.9 Å². The standard InChI is InChI=1S/C22H12F4N6O/c23-16-7-12(1-3-15(16)21-17(9-27)32-19(28)10-31-21)14-4-2-13(22(24,25)26)8-18(14)33-20-11-29-5-6-30-20/h1-8,10-11H,(H2,28,32). The highest BCUT2D eigenvalue weighted by Gasteiger charge is 2.31. The highest BCUT2D eigenvalue weighted by Crippen LogP contribution is 2.39. The van der Waals surface area contributed by atoms with E-state index in [-0.39, 0.29) is 45.5 Å². The molecule has 4 aromatic rings. The van der Waals surface area contributed by atoms with Gasteiger partial charge in [-0.2, -0.15) is 18.4 Å². The summed E-state index contributed by atoms with van der Waals surface area (Å²) >= 11 is 0. The second-order valence-electron chi connectivity index (χ2n) is 6.65. The van der Waals surface area contributed by atoms with Gasteiger partial charge in [-0.25, -0.2) is 19.3 Å². The molecule has 0 spiro atoms. The molecule has 7 nitrogen and oxygen atoms in total. The number of hydrogen-bond donors (Lipinski definition) is 1. The molecule has 0 amide bonds. The summed E-state index contributed by atoms with van der Waals surface area (Å²) in [5, 5.41) is 9.25. The van der Waals surface area contributed by atoms with Gasteiger partial charge >= 0.3 is 6.18 Å². The Labute approximate surface area is 184 Å². The predicted molar refractivity (Wildman–Crippen MR) is 109 cm³/mol. The van der Waals surface area contributed by atoms with Crippen LogP contribution < -0.4 is 10.5 Å². The van der Waals surface area contributed by atoms with Gasteiger partial charge in [0.05, 0.1) is 18.0 Å². The number of nitriles is 1. The van der Waals surface area contributed by atoms with Crippen LogP contribution in [0.3, 0.4) is 0 Å². The zero-order chi connectivity index (χ0) is 23.6. The van der Waals surface area contributed by atoms with Crippen molar-refractivity contribution in [2.75, 3.05) is 5.73 Å². The van der Waals surface area contributed by atoms with Crippen LogP contribution in [0.1, 0.15) is 11.3 Å². The lowest BCUT2D eigenvalue weighted by atomic mass is 9.99. The monoisotopic (exact) mass is 452 g/mol. The maximum atomic E-state index is 15.0. The van der Waals surface area contributed by atoms with E-state index in [1.807, 2.05) is 0 Å². The number of rotatable bonds is 4. The van der Waals surface area contributed by atoms with Crippen molar-refractivity contribution in [3.8, 4) is 40.1 Å². The molecule has 4 rings (SSSR count). The van der Waals surface area contributed by atoms with Crippen LogP contribution in [-0.2, 0) is 6.18 Å². The Morgan fingerprint density at radius 3 is 2.42 bits per heavy atom. The second-order valence-corrected chi connectivity index (χ2v) is 6.65. The fourth-order valence-corrected chi connectivity index (χ4v) is 3.02. The predicted octanol–water partition coefficient (Wildman–Crippen LogP) is 5.00. The lowest BCUT2D eigenvalue weighted by molar-refractivity contribution is -0.137. The minimum absolute atomic E-state index is 0.00267.